The molecule has 0 aliphatic carbocycles. The summed E-state index contributed by atoms with van der Waals surface area (Å²) in [6.07, 6.45) is 2.34. The molecule has 1 saturated heterocycles. The van der Waals surface area contributed by atoms with Crippen molar-refractivity contribution in [2.75, 3.05) is 45.2 Å². The predicted octanol–water partition coefficient (Wildman–Crippen LogP) is 6.14. The van der Waals surface area contributed by atoms with Gasteiger partial charge in [0.15, 0.2) is 0 Å². The van der Waals surface area contributed by atoms with Gasteiger partial charge in [0, 0.05) is 26.3 Å². The first kappa shape index (κ1) is 28.2. The lowest BCUT2D eigenvalue weighted by atomic mass is 9.98. The highest BCUT2D eigenvalue weighted by Crippen LogP contribution is 2.30. The molecule has 1 aliphatic heterocycles. The van der Waals surface area contributed by atoms with Crippen molar-refractivity contribution in [3.8, 4) is 11.1 Å². The van der Waals surface area contributed by atoms with Crippen LogP contribution in [0, 0.1) is 0 Å². The Morgan fingerprint density at radius 3 is 2.13 bits per heavy atom. The van der Waals surface area contributed by atoms with E-state index in [1.165, 1.54) is 12.8 Å². The smallest absolute Gasteiger partial charge is 0.250 e. The van der Waals surface area contributed by atoms with Gasteiger partial charge in [-0.3, -0.25) is 9.59 Å². The van der Waals surface area contributed by atoms with Gasteiger partial charge in [0.1, 0.15) is 0 Å². The van der Waals surface area contributed by atoms with E-state index in [9.17, 15) is 9.59 Å². The number of amides is 2. The molecule has 1 atom stereocenters. The summed E-state index contributed by atoms with van der Waals surface area (Å²) in [6.45, 7) is 3.03. The Morgan fingerprint density at radius 2 is 1.53 bits per heavy atom. The third-order valence-electron chi connectivity index (χ3n) is 7.07. The van der Waals surface area contributed by atoms with Crippen molar-refractivity contribution in [2.24, 2.45) is 5.73 Å². The summed E-state index contributed by atoms with van der Waals surface area (Å²) < 4.78 is 0. The van der Waals surface area contributed by atoms with Crippen molar-refractivity contribution in [3.05, 3.63) is 86.9 Å². The number of benzene rings is 3. The van der Waals surface area contributed by atoms with Crippen LogP contribution < -0.4 is 10.6 Å². The van der Waals surface area contributed by atoms with E-state index >= 15 is 0 Å². The van der Waals surface area contributed by atoms with Gasteiger partial charge >= 0.3 is 0 Å². The van der Waals surface area contributed by atoms with E-state index in [1.807, 2.05) is 48.2 Å². The number of likely N-dealkylation sites (N-methyl/N-ethyl adjacent to an activating group) is 2. The van der Waals surface area contributed by atoms with Gasteiger partial charge in [-0.15, -0.1) is 0 Å². The summed E-state index contributed by atoms with van der Waals surface area (Å²) in [5.74, 6) is -0.556. The number of nitrogens with two attached hydrogens (primary N) is 1. The Hall–Kier alpha value is -2.77. The minimum Gasteiger partial charge on any atom is -0.366 e. The number of likely N-dealkylation sites (tertiary alicyclic amines) is 1. The molecule has 200 valence electrons. The van der Waals surface area contributed by atoms with Crippen molar-refractivity contribution in [2.45, 2.75) is 18.9 Å². The number of carbonyl (C=O) groups excluding carboxylic acids is 2. The molecule has 3 aromatic carbocycles. The number of anilines is 1. The van der Waals surface area contributed by atoms with Crippen LogP contribution in [0.1, 0.15) is 34.8 Å². The van der Waals surface area contributed by atoms with Crippen LogP contribution in [0.4, 0.5) is 5.69 Å². The number of primary amides is 1. The van der Waals surface area contributed by atoms with Crippen molar-refractivity contribution < 1.29 is 9.59 Å². The van der Waals surface area contributed by atoms with Crippen LogP contribution in [0.5, 0.6) is 0 Å². The number of nitrogens with zero attached hydrogens (tertiary/aromatic N) is 3. The highest BCUT2D eigenvalue weighted by Gasteiger charge is 2.26. The first-order chi connectivity index (χ1) is 18.1. The summed E-state index contributed by atoms with van der Waals surface area (Å²) in [7, 11) is 3.73. The molecule has 9 heteroatoms. The van der Waals surface area contributed by atoms with Gasteiger partial charge in [-0.25, -0.2) is 0 Å². The Kier molecular flexibility index (Phi) is 9.21. The molecule has 6 nitrogen and oxygen atoms in total. The Bertz CT molecular complexity index is 1310. The van der Waals surface area contributed by atoms with Crippen molar-refractivity contribution in [1.29, 1.82) is 0 Å². The van der Waals surface area contributed by atoms with E-state index in [0.717, 1.165) is 42.0 Å². The zero-order chi connectivity index (χ0) is 27.4. The molecule has 38 heavy (non-hydrogen) atoms. The van der Waals surface area contributed by atoms with Crippen LogP contribution in [0.2, 0.25) is 15.1 Å². The monoisotopic (exact) mass is 572 g/mol. The average Bonchev–Trinajstić information content (AvgIpc) is 3.41. The van der Waals surface area contributed by atoms with Crippen LogP contribution in [0.25, 0.3) is 11.1 Å². The largest absolute Gasteiger partial charge is 0.366 e. The molecular weight excluding hydrogens is 543 g/mol. The maximum Gasteiger partial charge on any atom is 0.250 e. The molecule has 2 N–H and O–H groups in total. The number of halogens is 3. The molecule has 1 unspecified atom stereocenters. The van der Waals surface area contributed by atoms with Crippen molar-refractivity contribution in [3.63, 3.8) is 0 Å². The first-order valence-electron chi connectivity index (χ1n) is 12.5. The topological polar surface area (TPSA) is 69.9 Å². The number of hydrogen-bond donors (Lipinski definition) is 1. The van der Waals surface area contributed by atoms with E-state index in [1.54, 1.807) is 24.3 Å². The van der Waals surface area contributed by atoms with E-state index in [4.69, 9.17) is 40.5 Å². The summed E-state index contributed by atoms with van der Waals surface area (Å²) in [6, 6.07) is 18.6. The Morgan fingerprint density at radius 1 is 0.868 bits per heavy atom. The van der Waals surface area contributed by atoms with E-state index < -0.39 is 5.91 Å². The summed E-state index contributed by atoms with van der Waals surface area (Å²) >= 11 is 18.5. The highest BCUT2D eigenvalue weighted by molar-refractivity contribution is 6.42. The number of hydrogen-bond acceptors (Lipinski definition) is 4. The predicted molar refractivity (Wildman–Crippen MR) is 156 cm³/mol. The molecule has 4 rings (SSSR count). The zero-order valence-corrected chi connectivity index (χ0v) is 23.7. The lowest BCUT2D eigenvalue weighted by molar-refractivity contribution is -0.131. The van der Waals surface area contributed by atoms with Crippen molar-refractivity contribution in [1.82, 2.24) is 9.80 Å². The fourth-order valence-electron chi connectivity index (χ4n) is 4.76. The van der Waals surface area contributed by atoms with Gasteiger partial charge in [-0.05, 0) is 73.0 Å². The fraction of sp³-hybridized carbons (Fsp3) is 0.310. The average molecular weight is 574 g/mol. The van der Waals surface area contributed by atoms with Gasteiger partial charge in [0.25, 0.3) is 0 Å². The fourth-order valence-corrected chi connectivity index (χ4v) is 5.32. The molecule has 3 aromatic rings. The maximum atomic E-state index is 13.4. The van der Waals surface area contributed by atoms with E-state index in [-0.39, 0.29) is 18.5 Å². The minimum atomic E-state index is -0.556. The van der Waals surface area contributed by atoms with Gasteiger partial charge in [0.05, 0.1) is 33.2 Å². The van der Waals surface area contributed by atoms with Crippen LogP contribution in [0.3, 0.4) is 0 Å². The molecule has 0 aromatic heterocycles. The van der Waals surface area contributed by atoms with Crippen LogP contribution in [0.15, 0.2) is 60.7 Å². The molecule has 2 amide bonds. The third kappa shape index (κ3) is 6.62. The zero-order valence-electron chi connectivity index (χ0n) is 21.5. The molecule has 0 saturated carbocycles. The van der Waals surface area contributed by atoms with E-state index in [0.29, 0.717) is 20.6 Å². The Labute approximate surface area is 238 Å². The first-order valence-corrected chi connectivity index (χ1v) is 13.6. The van der Waals surface area contributed by atoms with Crippen molar-refractivity contribution >= 4 is 52.3 Å². The molecule has 1 fully saturated rings. The lowest BCUT2D eigenvalue weighted by Gasteiger charge is -2.33. The minimum absolute atomic E-state index is 0.000619. The molecule has 0 radical (unpaired) electrons. The lowest BCUT2D eigenvalue weighted by Crippen LogP contribution is -2.42. The molecular formula is C29H31Cl3N4O2. The van der Waals surface area contributed by atoms with Crippen LogP contribution in [-0.4, -0.2) is 61.9 Å². The third-order valence-corrected chi connectivity index (χ3v) is 8.12. The summed E-state index contributed by atoms with van der Waals surface area (Å²) in [5, 5.41) is 1.25. The Balaban J connectivity index is 1.54. The van der Waals surface area contributed by atoms with Crippen LogP contribution in [-0.2, 0) is 4.79 Å². The number of carbonyl (C=O) groups is 2. The number of rotatable bonds is 9. The van der Waals surface area contributed by atoms with E-state index in [2.05, 4.69) is 17.0 Å². The highest BCUT2D eigenvalue weighted by atomic mass is 35.5. The van der Waals surface area contributed by atoms with Gasteiger partial charge in [-0.2, -0.15) is 0 Å². The van der Waals surface area contributed by atoms with Crippen LogP contribution >= 0.6 is 34.8 Å². The quantitative estimate of drug-likeness (QED) is 0.334. The van der Waals surface area contributed by atoms with Gasteiger partial charge in [-0.1, -0.05) is 65.1 Å². The molecule has 0 spiro atoms. The maximum absolute atomic E-state index is 13.4. The second-order valence-corrected chi connectivity index (χ2v) is 10.9. The molecule has 1 heterocycles. The second kappa shape index (κ2) is 12.4. The second-order valence-electron chi connectivity index (χ2n) is 9.66. The standard InChI is InChI=1S/C29H31Cl3N4O2/c1-34(22-10-12-24(30)26(32)16-22)18-28(37)35(2)27(17-36-13-3-4-14-36)20-7-5-19(6-8-20)21-9-11-23(29(33)38)25(31)15-21/h5-12,15-16,27H,3-4,13-14,17-18H2,1-2H3,(H2,33,38). The SMILES string of the molecule is CN(CC(=O)N(C)C(CN1CCCC1)c1ccc(-c2ccc(C(N)=O)c(Cl)c2)cc1)c1ccc(Cl)c(Cl)c1. The summed E-state index contributed by atoms with van der Waals surface area (Å²) in [5.41, 5.74) is 9.39. The summed E-state index contributed by atoms with van der Waals surface area (Å²) in [4.78, 5) is 31.1. The van der Waals surface area contributed by atoms with Gasteiger partial charge in [0.2, 0.25) is 11.8 Å². The van der Waals surface area contributed by atoms with Gasteiger partial charge < -0.3 is 20.4 Å². The molecule has 0 bridgehead atoms. The normalized spacial score (nSPS) is 14.3. The molecule has 1 aliphatic rings.